The molecule has 2 rings (SSSR count). The SMILES string of the molecule is CCCCCCCCCCCCCCOC(=O)c1ccccc1C(=O)OC(CC)S(=O)(=O)[O-].CCCCCCCCCCCCCCOC(=O)c1ccccc1C(=O)OC(CC)S(=O)(=O)[O-].[Ca+2]. The van der Waals surface area contributed by atoms with Crippen LogP contribution in [0.4, 0.5) is 0 Å². The average molecular weight is 1010 g/mol. The van der Waals surface area contributed by atoms with E-state index in [0.717, 1.165) is 38.5 Å². The van der Waals surface area contributed by atoms with E-state index in [2.05, 4.69) is 13.8 Å². The third-order valence-corrected chi connectivity index (χ3v) is 13.1. The summed E-state index contributed by atoms with van der Waals surface area (Å²) in [4.78, 5) is 49.5. The van der Waals surface area contributed by atoms with Crippen LogP contribution < -0.4 is 0 Å². The summed E-state index contributed by atoms with van der Waals surface area (Å²) in [5.41, 5.74) is -3.87. The molecule has 0 aliphatic carbocycles. The van der Waals surface area contributed by atoms with Crippen LogP contribution in [0.15, 0.2) is 48.5 Å². The standard InChI is InChI=1S/2C25H40O7S.Ca/c2*1-3-5-6-7-8-9-10-11-12-13-14-17-20-31-24(26)21-18-15-16-19-22(21)25(27)32-23(4-2)33(28,29)30;/h2*15-16,18-19,23H,3-14,17,20H2,1-2H3,(H,28,29,30);/q;;+2/p-2. The molecule has 0 saturated carbocycles. The molecule has 0 amide bonds. The van der Waals surface area contributed by atoms with Gasteiger partial charge < -0.3 is 28.1 Å². The van der Waals surface area contributed by atoms with Crippen molar-refractivity contribution in [1.29, 1.82) is 0 Å². The first-order chi connectivity index (χ1) is 31.6. The van der Waals surface area contributed by atoms with Crippen LogP contribution >= 0.6 is 0 Å². The zero-order valence-electron chi connectivity index (χ0n) is 40.8. The summed E-state index contributed by atoms with van der Waals surface area (Å²) >= 11 is 0. The van der Waals surface area contributed by atoms with Gasteiger partial charge in [-0.25, -0.2) is 36.0 Å². The van der Waals surface area contributed by atoms with E-state index in [1.165, 1.54) is 166 Å². The van der Waals surface area contributed by atoms with E-state index in [-0.39, 0.29) is 86.0 Å². The fourth-order valence-corrected chi connectivity index (χ4v) is 8.34. The van der Waals surface area contributed by atoms with Crippen LogP contribution in [-0.4, -0.2) is 112 Å². The summed E-state index contributed by atoms with van der Waals surface area (Å²) in [6, 6.07) is 11.7. The molecule has 67 heavy (non-hydrogen) atoms. The quantitative estimate of drug-likeness (QED) is 0.0204. The second-order valence-electron chi connectivity index (χ2n) is 16.6. The largest absolute Gasteiger partial charge is 2.00 e. The molecule has 376 valence electrons. The van der Waals surface area contributed by atoms with E-state index in [9.17, 15) is 45.1 Å². The number of unbranched alkanes of at least 4 members (excludes halogenated alkanes) is 22. The number of benzene rings is 2. The molecule has 0 aliphatic heterocycles. The van der Waals surface area contributed by atoms with Gasteiger partial charge in [-0.15, -0.1) is 0 Å². The number of ether oxygens (including phenoxy) is 4. The predicted molar refractivity (Wildman–Crippen MR) is 260 cm³/mol. The molecule has 17 heteroatoms. The Hall–Kier alpha value is -2.60. The average Bonchev–Trinajstić information content (AvgIpc) is 3.29. The summed E-state index contributed by atoms with van der Waals surface area (Å²) in [5, 5.41) is 0. The van der Waals surface area contributed by atoms with Gasteiger partial charge in [-0.1, -0.05) is 193 Å². The Bertz CT molecular complexity index is 1750. The summed E-state index contributed by atoms with van der Waals surface area (Å²) < 4.78 is 87.2. The molecule has 2 aromatic carbocycles. The van der Waals surface area contributed by atoms with Crippen molar-refractivity contribution in [1.82, 2.24) is 0 Å². The molecule has 2 aromatic rings. The van der Waals surface area contributed by atoms with E-state index in [1.54, 1.807) is 12.1 Å². The second kappa shape index (κ2) is 39.2. The van der Waals surface area contributed by atoms with Crippen LogP contribution in [0.25, 0.3) is 0 Å². The molecule has 0 radical (unpaired) electrons. The third-order valence-electron chi connectivity index (χ3n) is 11.0. The molecule has 0 spiro atoms. The Kier molecular flexibility index (Phi) is 37.6. The van der Waals surface area contributed by atoms with Crippen molar-refractivity contribution in [2.24, 2.45) is 0 Å². The Morgan fingerprint density at radius 1 is 0.403 bits per heavy atom. The first-order valence-corrected chi connectivity index (χ1v) is 27.4. The van der Waals surface area contributed by atoms with E-state index in [1.807, 2.05) is 0 Å². The molecular formula is C50H78CaO14S2. The van der Waals surface area contributed by atoms with Crippen molar-refractivity contribution in [2.75, 3.05) is 13.2 Å². The second-order valence-corrected chi connectivity index (χ2v) is 19.6. The third kappa shape index (κ3) is 29.9. The van der Waals surface area contributed by atoms with Gasteiger partial charge in [0, 0.05) is 0 Å². The number of hydrogen-bond donors (Lipinski definition) is 0. The predicted octanol–water partition coefficient (Wildman–Crippen LogP) is 11.6. The fraction of sp³-hybridized carbons (Fsp3) is 0.680. The molecule has 2 atom stereocenters. The number of rotatable bonds is 36. The molecule has 0 saturated heterocycles. The van der Waals surface area contributed by atoms with Crippen LogP contribution in [0, 0.1) is 0 Å². The molecule has 0 bridgehead atoms. The minimum absolute atomic E-state index is 0. The zero-order chi connectivity index (χ0) is 49.1. The zero-order valence-corrected chi connectivity index (χ0v) is 44.7. The van der Waals surface area contributed by atoms with E-state index in [0.29, 0.717) is 0 Å². The van der Waals surface area contributed by atoms with E-state index >= 15 is 0 Å². The van der Waals surface area contributed by atoms with Gasteiger partial charge in [-0.2, -0.15) is 0 Å². The van der Waals surface area contributed by atoms with Gasteiger partial charge in [-0.05, 0) is 49.9 Å². The van der Waals surface area contributed by atoms with Crippen LogP contribution in [0.3, 0.4) is 0 Å². The molecule has 0 aromatic heterocycles. The number of carbonyl (C=O) groups excluding carboxylic acids is 4. The van der Waals surface area contributed by atoms with Gasteiger partial charge in [0.05, 0.1) is 35.5 Å². The summed E-state index contributed by atoms with van der Waals surface area (Å²) in [7, 11) is -9.59. The first-order valence-electron chi connectivity index (χ1n) is 24.5. The van der Waals surface area contributed by atoms with Gasteiger partial charge in [-0.3, -0.25) is 0 Å². The van der Waals surface area contributed by atoms with E-state index in [4.69, 9.17) is 18.9 Å². The van der Waals surface area contributed by atoms with Crippen molar-refractivity contribution in [3.8, 4) is 0 Å². The molecule has 0 heterocycles. The number of hydrogen-bond acceptors (Lipinski definition) is 14. The minimum atomic E-state index is -4.80. The molecule has 14 nitrogen and oxygen atoms in total. The minimum Gasteiger partial charge on any atom is -0.745 e. The first kappa shape index (κ1) is 64.4. The summed E-state index contributed by atoms with van der Waals surface area (Å²) in [6.45, 7) is 7.78. The van der Waals surface area contributed by atoms with Gasteiger partial charge in [0.2, 0.25) is 0 Å². The van der Waals surface area contributed by atoms with Gasteiger partial charge in [0.15, 0.2) is 10.9 Å². The van der Waals surface area contributed by atoms with Gasteiger partial charge in [0.1, 0.15) is 20.2 Å². The molecule has 0 aliphatic rings. The van der Waals surface area contributed by atoms with Gasteiger partial charge >= 0.3 is 61.6 Å². The molecule has 0 fully saturated rings. The molecule has 2 unspecified atom stereocenters. The van der Waals surface area contributed by atoms with Crippen LogP contribution in [-0.2, 0) is 39.2 Å². The Morgan fingerprint density at radius 3 is 0.851 bits per heavy atom. The fourth-order valence-electron chi connectivity index (χ4n) is 7.11. The maximum Gasteiger partial charge on any atom is 2.00 e. The van der Waals surface area contributed by atoms with Gasteiger partial charge in [0.25, 0.3) is 0 Å². The Labute approximate surface area is 432 Å². The Morgan fingerprint density at radius 2 is 0.627 bits per heavy atom. The maximum atomic E-state index is 12.4. The monoisotopic (exact) mass is 1010 g/mol. The number of carbonyl (C=O) groups is 4. The molecular weight excluding hydrogens is 929 g/mol. The number of esters is 4. The summed E-state index contributed by atoms with van der Waals surface area (Å²) in [5.74, 6) is -3.44. The normalized spacial score (nSPS) is 12.1. The maximum absolute atomic E-state index is 12.4. The van der Waals surface area contributed by atoms with Crippen LogP contribution in [0.2, 0.25) is 0 Å². The van der Waals surface area contributed by atoms with Crippen molar-refractivity contribution in [3.63, 3.8) is 0 Å². The van der Waals surface area contributed by atoms with Crippen molar-refractivity contribution in [2.45, 2.75) is 206 Å². The Balaban J connectivity index is 0.00000128. The van der Waals surface area contributed by atoms with Crippen molar-refractivity contribution >= 4 is 81.9 Å². The molecule has 0 N–H and O–H groups in total. The van der Waals surface area contributed by atoms with Crippen molar-refractivity contribution in [3.05, 3.63) is 70.8 Å². The van der Waals surface area contributed by atoms with Crippen molar-refractivity contribution < 1.29 is 64.1 Å². The van der Waals surface area contributed by atoms with Crippen LogP contribution in [0.1, 0.15) is 236 Å². The summed E-state index contributed by atoms with van der Waals surface area (Å²) in [6.07, 6.45) is 28.5. The van der Waals surface area contributed by atoms with E-state index < -0.39 is 55.0 Å². The topological polar surface area (TPSA) is 220 Å². The smallest absolute Gasteiger partial charge is 0.745 e. The van der Waals surface area contributed by atoms with Crippen LogP contribution in [0.5, 0.6) is 0 Å².